The monoisotopic (exact) mass is 370 g/mol. The average molecular weight is 371 g/mol. The van der Waals surface area contributed by atoms with Crippen LogP contribution >= 0.6 is 27.3 Å². The normalized spacial score (nSPS) is 10.1. The molecule has 0 bridgehead atoms. The van der Waals surface area contributed by atoms with Gasteiger partial charge in [-0.3, -0.25) is 14.9 Å². The Labute approximate surface area is 130 Å². The van der Waals surface area contributed by atoms with Crippen LogP contribution in [0.25, 0.3) is 0 Å². The summed E-state index contributed by atoms with van der Waals surface area (Å²) in [6.07, 6.45) is 0. The second kappa shape index (κ2) is 6.02. The van der Waals surface area contributed by atoms with Gasteiger partial charge in [0.15, 0.2) is 0 Å². The Kier molecular flexibility index (Phi) is 4.34. The molecule has 9 heteroatoms. The average Bonchev–Trinajstić information content (AvgIpc) is 2.85. The molecule has 1 aromatic carbocycles. The minimum Gasteiger partial charge on any atom is -0.478 e. The lowest BCUT2D eigenvalue weighted by atomic mass is 10.1. The van der Waals surface area contributed by atoms with Gasteiger partial charge in [0.05, 0.1) is 25.5 Å². The number of rotatable bonds is 4. The number of carboxylic acid groups (broad SMARTS) is 1. The fourth-order valence-corrected chi connectivity index (χ4v) is 2.70. The summed E-state index contributed by atoms with van der Waals surface area (Å²) >= 11 is 4.50. The predicted octanol–water partition coefficient (Wildman–Crippen LogP) is 3.37. The Hall–Kier alpha value is -2.26. The Morgan fingerprint density at radius 1 is 1.33 bits per heavy atom. The van der Waals surface area contributed by atoms with E-state index in [4.69, 9.17) is 5.11 Å². The van der Waals surface area contributed by atoms with E-state index >= 15 is 0 Å². The number of hydrogen-bond donors (Lipinski definition) is 2. The maximum Gasteiger partial charge on any atom is 0.337 e. The molecule has 0 atom stereocenters. The summed E-state index contributed by atoms with van der Waals surface area (Å²) in [5.41, 5.74) is -0.316. The molecule has 0 spiro atoms. The molecule has 7 nitrogen and oxygen atoms in total. The van der Waals surface area contributed by atoms with Gasteiger partial charge in [-0.25, -0.2) is 4.79 Å². The molecule has 0 aliphatic heterocycles. The quantitative estimate of drug-likeness (QED) is 0.633. The Bertz CT molecular complexity index is 743. The van der Waals surface area contributed by atoms with Crippen molar-refractivity contribution in [3.8, 4) is 0 Å². The highest BCUT2D eigenvalue weighted by Gasteiger charge is 2.18. The summed E-state index contributed by atoms with van der Waals surface area (Å²) in [5, 5.41) is 23.7. The van der Waals surface area contributed by atoms with Crippen molar-refractivity contribution in [3.05, 3.63) is 54.7 Å². The smallest absolute Gasteiger partial charge is 0.337 e. The van der Waals surface area contributed by atoms with Gasteiger partial charge in [-0.05, 0) is 28.1 Å². The summed E-state index contributed by atoms with van der Waals surface area (Å²) in [6.45, 7) is 0. The molecule has 1 aromatic heterocycles. The molecule has 2 aromatic rings. The van der Waals surface area contributed by atoms with E-state index in [1.807, 2.05) is 0 Å². The summed E-state index contributed by atoms with van der Waals surface area (Å²) in [4.78, 5) is 33.2. The van der Waals surface area contributed by atoms with Gasteiger partial charge in [-0.2, -0.15) is 0 Å². The number of amides is 1. The van der Waals surface area contributed by atoms with Crippen LogP contribution in [0.2, 0.25) is 0 Å². The molecular formula is C12H7BrN2O5S. The zero-order valence-corrected chi connectivity index (χ0v) is 12.6. The molecule has 0 radical (unpaired) electrons. The number of anilines is 1. The van der Waals surface area contributed by atoms with Crippen LogP contribution in [-0.2, 0) is 0 Å². The van der Waals surface area contributed by atoms with Crippen molar-refractivity contribution in [2.75, 3.05) is 5.32 Å². The van der Waals surface area contributed by atoms with E-state index in [-0.39, 0.29) is 16.9 Å². The standard InChI is InChI=1S/C12H7BrN2O5S/c13-10-3-6(5-21-10)11(16)14-9-4-7(15(19)20)1-2-8(9)12(17)18/h1-5H,(H,14,16)(H,17,18). The lowest BCUT2D eigenvalue weighted by Crippen LogP contribution is -2.14. The van der Waals surface area contributed by atoms with Gasteiger partial charge in [0.2, 0.25) is 0 Å². The molecule has 2 N–H and O–H groups in total. The van der Waals surface area contributed by atoms with Crippen LogP contribution in [-0.4, -0.2) is 21.9 Å². The first-order valence-corrected chi connectivity index (χ1v) is 7.13. The molecule has 0 saturated heterocycles. The highest BCUT2D eigenvalue weighted by molar-refractivity contribution is 9.11. The molecule has 1 amide bonds. The van der Waals surface area contributed by atoms with Crippen LogP contribution in [0.5, 0.6) is 0 Å². The topological polar surface area (TPSA) is 110 Å². The van der Waals surface area contributed by atoms with E-state index < -0.39 is 16.8 Å². The molecule has 0 aliphatic carbocycles. The molecule has 0 unspecified atom stereocenters. The largest absolute Gasteiger partial charge is 0.478 e. The summed E-state index contributed by atoms with van der Waals surface area (Å²) in [6, 6.07) is 4.74. The van der Waals surface area contributed by atoms with E-state index in [0.29, 0.717) is 5.56 Å². The van der Waals surface area contributed by atoms with E-state index in [0.717, 1.165) is 22.0 Å². The van der Waals surface area contributed by atoms with Crippen molar-refractivity contribution in [3.63, 3.8) is 0 Å². The Morgan fingerprint density at radius 2 is 2.05 bits per heavy atom. The highest BCUT2D eigenvalue weighted by Crippen LogP contribution is 2.25. The zero-order chi connectivity index (χ0) is 15.6. The number of carboxylic acids is 1. The zero-order valence-electron chi connectivity index (χ0n) is 10.2. The first-order chi connectivity index (χ1) is 9.88. The summed E-state index contributed by atoms with van der Waals surface area (Å²) in [7, 11) is 0. The number of aromatic carboxylic acids is 1. The van der Waals surface area contributed by atoms with Crippen molar-refractivity contribution in [2.45, 2.75) is 0 Å². The molecule has 21 heavy (non-hydrogen) atoms. The minimum atomic E-state index is -1.29. The Morgan fingerprint density at radius 3 is 2.57 bits per heavy atom. The van der Waals surface area contributed by atoms with Crippen LogP contribution < -0.4 is 5.32 Å². The van der Waals surface area contributed by atoms with Gasteiger partial charge in [-0.1, -0.05) is 0 Å². The fourth-order valence-electron chi connectivity index (χ4n) is 1.56. The second-order valence-electron chi connectivity index (χ2n) is 3.89. The highest BCUT2D eigenvalue weighted by atomic mass is 79.9. The predicted molar refractivity (Wildman–Crippen MR) is 80.0 cm³/mol. The minimum absolute atomic E-state index is 0.121. The number of benzene rings is 1. The lowest BCUT2D eigenvalue weighted by molar-refractivity contribution is -0.384. The molecule has 0 fully saturated rings. The summed E-state index contributed by atoms with van der Waals surface area (Å²) in [5.74, 6) is -1.83. The number of carbonyl (C=O) groups excluding carboxylic acids is 1. The molecule has 1 heterocycles. The van der Waals surface area contributed by atoms with Crippen LogP contribution in [0, 0.1) is 10.1 Å². The number of hydrogen-bond acceptors (Lipinski definition) is 5. The van der Waals surface area contributed by atoms with Gasteiger partial charge in [-0.15, -0.1) is 11.3 Å². The molecular weight excluding hydrogens is 364 g/mol. The van der Waals surface area contributed by atoms with Crippen LogP contribution in [0.4, 0.5) is 11.4 Å². The number of nitro benzene ring substituents is 1. The lowest BCUT2D eigenvalue weighted by Gasteiger charge is -2.07. The van der Waals surface area contributed by atoms with Gasteiger partial charge in [0, 0.05) is 17.5 Å². The third-order valence-electron chi connectivity index (χ3n) is 2.52. The number of nitro groups is 1. The van der Waals surface area contributed by atoms with E-state index in [9.17, 15) is 19.7 Å². The number of nitrogens with one attached hydrogen (secondary N) is 1. The van der Waals surface area contributed by atoms with Crippen molar-refractivity contribution in [1.29, 1.82) is 0 Å². The van der Waals surface area contributed by atoms with E-state index in [1.54, 1.807) is 11.4 Å². The number of halogens is 1. The number of nitrogens with zero attached hydrogens (tertiary/aromatic N) is 1. The number of carbonyl (C=O) groups is 2. The number of thiophene rings is 1. The van der Waals surface area contributed by atoms with Gasteiger partial charge >= 0.3 is 5.97 Å². The maximum atomic E-state index is 12.0. The number of non-ortho nitro benzene ring substituents is 1. The SMILES string of the molecule is O=C(Nc1cc([N+](=O)[O-])ccc1C(=O)O)c1csc(Br)c1. The van der Waals surface area contributed by atoms with Crippen molar-refractivity contribution in [2.24, 2.45) is 0 Å². The summed E-state index contributed by atoms with van der Waals surface area (Å²) < 4.78 is 0.741. The first-order valence-electron chi connectivity index (χ1n) is 5.45. The van der Waals surface area contributed by atoms with E-state index in [2.05, 4.69) is 21.2 Å². The molecule has 0 saturated carbocycles. The molecule has 2 rings (SSSR count). The molecule has 0 aliphatic rings. The molecule has 108 valence electrons. The van der Waals surface area contributed by atoms with Crippen LogP contribution in [0.1, 0.15) is 20.7 Å². The fraction of sp³-hybridized carbons (Fsp3) is 0. The Balaban J connectivity index is 2.37. The van der Waals surface area contributed by atoms with E-state index in [1.165, 1.54) is 11.3 Å². The van der Waals surface area contributed by atoms with Crippen molar-refractivity contribution in [1.82, 2.24) is 0 Å². The van der Waals surface area contributed by atoms with Crippen LogP contribution in [0.3, 0.4) is 0 Å². The van der Waals surface area contributed by atoms with Gasteiger partial charge in [0.1, 0.15) is 0 Å². The first kappa shape index (κ1) is 15.1. The van der Waals surface area contributed by atoms with Gasteiger partial charge in [0.25, 0.3) is 11.6 Å². The third kappa shape index (κ3) is 3.44. The second-order valence-corrected chi connectivity index (χ2v) is 6.18. The third-order valence-corrected chi connectivity index (χ3v) is 4.03. The van der Waals surface area contributed by atoms with Crippen molar-refractivity contribution < 1.29 is 19.6 Å². The maximum absolute atomic E-state index is 12.0. The van der Waals surface area contributed by atoms with Crippen LogP contribution in [0.15, 0.2) is 33.4 Å². The van der Waals surface area contributed by atoms with Gasteiger partial charge < -0.3 is 10.4 Å². The van der Waals surface area contributed by atoms with Crippen molar-refractivity contribution >= 4 is 50.5 Å².